The van der Waals surface area contributed by atoms with Gasteiger partial charge in [0.25, 0.3) is 0 Å². The summed E-state index contributed by atoms with van der Waals surface area (Å²) in [5.74, 6) is 0.990. The van der Waals surface area contributed by atoms with Gasteiger partial charge in [-0.3, -0.25) is 4.90 Å². The summed E-state index contributed by atoms with van der Waals surface area (Å²) in [7, 11) is 0. The molecule has 0 spiro atoms. The Hall–Kier alpha value is -1.00. The maximum atomic E-state index is 11.4. The van der Waals surface area contributed by atoms with Gasteiger partial charge in [-0.1, -0.05) is 13.8 Å². The molecule has 20 heavy (non-hydrogen) atoms. The molecule has 0 saturated carbocycles. The van der Waals surface area contributed by atoms with E-state index in [9.17, 15) is 9.90 Å². The van der Waals surface area contributed by atoms with Crippen LogP contribution in [0, 0.1) is 12.8 Å². The number of rotatable bonds is 5. The predicted molar refractivity (Wildman–Crippen MR) is 74.6 cm³/mol. The van der Waals surface area contributed by atoms with E-state index in [2.05, 4.69) is 18.7 Å². The van der Waals surface area contributed by atoms with E-state index in [0.29, 0.717) is 23.8 Å². The van der Waals surface area contributed by atoms with Gasteiger partial charge < -0.3 is 21.9 Å². The highest BCUT2D eigenvalue weighted by atomic mass is 35.5. The van der Waals surface area contributed by atoms with Crippen LogP contribution >= 0.6 is 0 Å². The minimum absolute atomic E-state index is 0. The molecule has 1 aliphatic rings. The number of carboxylic acids is 1. The van der Waals surface area contributed by atoms with Gasteiger partial charge in [0.05, 0.1) is 0 Å². The molecule has 0 amide bonds. The van der Waals surface area contributed by atoms with Crippen LogP contribution in [0.15, 0.2) is 4.42 Å². The highest BCUT2D eigenvalue weighted by Gasteiger charge is 2.25. The number of nitrogens with zero attached hydrogens (tertiary/aromatic N) is 1. The molecule has 2 rings (SSSR count). The van der Waals surface area contributed by atoms with E-state index in [-0.39, 0.29) is 13.8 Å². The first-order valence-corrected chi connectivity index (χ1v) is 7.05. The number of furan rings is 1. The number of aromatic carboxylic acids is 1. The predicted octanol–water partition coefficient (Wildman–Crippen LogP) is 0.197. The molecule has 0 bridgehead atoms. The van der Waals surface area contributed by atoms with Crippen molar-refractivity contribution >= 4 is 5.97 Å². The lowest BCUT2D eigenvalue weighted by atomic mass is 10.0. The van der Waals surface area contributed by atoms with E-state index in [1.165, 1.54) is 12.8 Å². The number of halogens is 1. The molecular formula is C15H24ClNO3. The van der Waals surface area contributed by atoms with Crippen molar-refractivity contribution in [2.24, 2.45) is 5.92 Å². The van der Waals surface area contributed by atoms with Gasteiger partial charge in [0, 0.05) is 18.5 Å². The number of carboxylic acid groups (broad SMARTS) is 1. The van der Waals surface area contributed by atoms with Crippen LogP contribution < -0.4 is 12.4 Å². The molecule has 1 aromatic heterocycles. The average Bonchev–Trinajstić information content (AvgIpc) is 2.87. The molecule has 1 aliphatic heterocycles. The Balaban J connectivity index is 0.00000200. The zero-order chi connectivity index (χ0) is 14.0. The first-order valence-electron chi connectivity index (χ1n) is 7.05. The van der Waals surface area contributed by atoms with Crippen molar-refractivity contribution < 1.29 is 28.2 Å². The van der Waals surface area contributed by atoms with Gasteiger partial charge in [-0.2, -0.15) is 0 Å². The van der Waals surface area contributed by atoms with Crippen molar-refractivity contribution in [2.45, 2.75) is 46.6 Å². The summed E-state index contributed by atoms with van der Waals surface area (Å²) in [4.78, 5) is 13.8. The average molecular weight is 302 g/mol. The van der Waals surface area contributed by atoms with E-state index in [1.807, 2.05) is 0 Å². The Morgan fingerprint density at radius 2 is 2.00 bits per heavy atom. The lowest BCUT2D eigenvalue weighted by molar-refractivity contribution is -0.0000212. The van der Waals surface area contributed by atoms with Crippen molar-refractivity contribution in [3.8, 4) is 0 Å². The topological polar surface area (TPSA) is 53.7 Å². The van der Waals surface area contributed by atoms with Crippen molar-refractivity contribution in [1.29, 1.82) is 0 Å². The molecule has 0 aliphatic carbocycles. The van der Waals surface area contributed by atoms with Crippen LogP contribution in [-0.4, -0.2) is 29.1 Å². The van der Waals surface area contributed by atoms with E-state index in [4.69, 9.17) is 4.42 Å². The highest BCUT2D eigenvalue weighted by molar-refractivity contribution is 5.90. The minimum atomic E-state index is -0.870. The van der Waals surface area contributed by atoms with Crippen molar-refractivity contribution in [2.75, 3.05) is 13.1 Å². The summed E-state index contributed by atoms with van der Waals surface area (Å²) in [5, 5.41) is 9.39. The van der Waals surface area contributed by atoms with Crippen LogP contribution in [0.1, 0.15) is 55.6 Å². The van der Waals surface area contributed by atoms with Crippen LogP contribution in [0.4, 0.5) is 0 Å². The molecule has 2 heterocycles. The Kier molecular flexibility index (Phi) is 6.08. The maximum Gasteiger partial charge on any atom is 1.00 e. The fraction of sp³-hybridized carbons (Fsp3) is 0.667. The van der Waals surface area contributed by atoms with E-state index < -0.39 is 5.97 Å². The first kappa shape index (κ1) is 17.1. The van der Waals surface area contributed by atoms with Gasteiger partial charge in [-0.05, 0) is 38.8 Å². The molecule has 0 aromatic carbocycles. The molecule has 114 valence electrons. The molecule has 0 atom stereocenters. The second-order valence-electron chi connectivity index (χ2n) is 5.82. The van der Waals surface area contributed by atoms with E-state index >= 15 is 0 Å². The van der Waals surface area contributed by atoms with Crippen molar-refractivity contribution in [3.05, 3.63) is 22.6 Å². The normalized spacial score (nSPS) is 15.6. The first-order chi connectivity index (χ1) is 8.99. The number of aryl methyl sites for hydroxylation is 1. The third kappa shape index (κ3) is 3.76. The summed E-state index contributed by atoms with van der Waals surface area (Å²) in [5.41, 5.74) is 1.27. The van der Waals surface area contributed by atoms with Crippen molar-refractivity contribution in [1.82, 2.24) is 4.90 Å². The Morgan fingerprint density at radius 3 is 2.50 bits per heavy atom. The van der Waals surface area contributed by atoms with E-state index in [0.717, 1.165) is 30.8 Å². The SMILES string of the molecule is Cc1oc(CC(C)C)c(CN2CCCC2)c1C(=O)O.[Cl-].[H+]. The summed E-state index contributed by atoms with van der Waals surface area (Å²) >= 11 is 0. The molecule has 1 aromatic rings. The molecule has 0 radical (unpaired) electrons. The van der Waals surface area contributed by atoms with Crippen LogP contribution in [0.25, 0.3) is 0 Å². The van der Waals surface area contributed by atoms with Gasteiger partial charge >= 0.3 is 7.40 Å². The lowest BCUT2D eigenvalue weighted by Crippen LogP contribution is -3.00. The second-order valence-corrected chi connectivity index (χ2v) is 5.82. The van der Waals surface area contributed by atoms with Crippen LogP contribution in [0.3, 0.4) is 0 Å². The zero-order valence-electron chi connectivity index (χ0n) is 13.4. The number of carbonyl (C=O) groups is 1. The third-order valence-electron chi connectivity index (χ3n) is 3.65. The largest absolute Gasteiger partial charge is 1.00 e. The second kappa shape index (κ2) is 7.14. The molecule has 5 heteroatoms. The number of likely N-dealkylation sites (tertiary alicyclic amines) is 1. The molecule has 1 N–H and O–H groups in total. The smallest absolute Gasteiger partial charge is 1.00 e. The van der Waals surface area contributed by atoms with Gasteiger partial charge in [0.2, 0.25) is 0 Å². The third-order valence-corrected chi connectivity index (χ3v) is 3.65. The van der Waals surface area contributed by atoms with Crippen LogP contribution in [0.5, 0.6) is 0 Å². The molecule has 1 saturated heterocycles. The Bertz CT molecular complexity index is 468. The number of hydrogen-bond donors (Lipinski definition) is 1. The minimum Gasteiger partial charge on any atom is -1.00 e. The molecular weight excluding hydrogens is 278 g/mol. The van der Waals surface area contributed by atoms with E-state index in [1.54, 1.807) is 6.92 Å². The zero-order valence-corrected chi connectivity index (χ0v) is 13.2. The van der Waals surface area contributed by atoms with Gasteiger partial charge in [-0.15, -0.1) is 0 Å². The summed E-state index contributed by atoms with van der Waals surface area (Å²) in [6.07, 6.45) is 3.22. The fourth-order valence-electron chi connectivity index (χ4n) is 2.80. The summed E-state index contributed by atoms with van der Waals surface area (Å²) < 4.78 is 5.72. The lowest BCUT2D eigenvalue weighted by Gasteiger charge is -2.15. The standard InChI is InChI=1S/C15H23NO3.ClH/c1-10(2)8-13-12(9-16-6-4-5-7-16)14(15(17)18)11(3)19-13;/h10H,4-9H2,1-3H3,(H,17,18);1H. The van der Waals surface area contributed by atoms with Crippen molar-refractivity contribution in [3.63, 3.8) is 0 Å². The Labute approximate surface area is 128 Å². The summed E-state index contributed by atoms with van der Waals surface area (Å²) in [6.45, 7) is 8.83. The van der Waals surface area contributed by atoms with Gasteiger partial charge in [0.1, 0.15) is 17.1 Å². The molecule has 4 nitrogen and oxygen atoms in total. The van der Waals surface area contributed by atoms with Gasteiger partial charge in [-0.25, -0.2) is 4.79 Å². The number of hydrogen-bond acceptors (Lipinski definition) is 3. The fourth-order valence-corrected chi connectivity index (χ4v) is 2.80. The molecule has 1 fully saturated rings. The van der Waals surface area contributed by atoms with Crippen LogP contribution in [-0.2, 0) is 13.0 Å². The highest BCUT2D eigenvalue weighted by Crippen LogP contribution is 2.27. The summed E-state index contributed by atoms with van der Waals surface area (Å²) in [6, 6.07) is 0. The monoisotopic (exact) mass is 301 g/mol. The maximum absolute atomic E-state index is 11.4. The van der Waals surface area contributed by atoms with Gasteiger partial charge in [0.15, 0.2) is 0 Å². The van der Waals surface area contributed by atoms with Crippen LogP contribution in [0.2, 0.25) is 0 Å². The quantitative estimate of drug-likeness (QED) is 0.844. The Morgan fingerprint density at radius 1 is 1.40 bits per heavy atom. The molecule has 0 unspecified atom stereocenters.